The monoisotopic (exact) mass is 393 g/mol. The standard InChI is InChI=1S/C22H27N5O2/c1-15-10-13-27(22(28)25-17-6-4-5-7-20(17)29-3)14-19(15)26(2)18-9-12-24-21-16(18)8-11-23-21/h4-9,11-12,15,19H,10,13-14H2,1-3H3,(H,23,24)(H,25,28). The largest absolute Gasteiger partial charge is 0.495 e. The van der Waals surface area contributed by atoms with Gasteiger partial charge in [0.1, 0.15) is 11.4 Å². The molecule has 2 atom stereocenters. The minimum atomic E-state index is -0.0960. The van der Waals surface area contributed by atoms with Gasteiger partial charge in [0.05, 0.1) is 12.8 Å². The van der Waals surface area contributed by atoms with Crippen LogP contribution in [0.3, 0.4) is 0 Å². The van der Waals surface area contributed by atoms with Crippen LogP contribution in [-0.4, -0.2) is 54.2 Å². The van der Waals surface area contributed by atoms with Gasteiger partial charge in [-0.05, 0) is 36.6 Å². The van der Waals surface area contributed by atoms with Crippen LogP contribution in [0.2, 0.25) is 0 Å². The third kappa shape index (κ3) is 3.72. The molecule has 7 nitrogen and oxygen atoms in total. The van der Waals surface area contributed by atoms with Crippen LogP contribution < -0.4 is 15.0 Å². The topological polar surface area (TPSA) is 73.5 Å². The summed E-state index contributed by atoms with van der Waals surface area (Å²) in [5.74, 6) is 1.13. The Morgan fingerprint density at radius 2 is 2.14 bits per heavy atom. The zero-order valence-corrected chi connectivity index (χ0v) is 17.1. The van der Waals surface area contributed by atoms with E-state index in [4.69, 9.17) is 4.74 Å². The van der Waals surface area contributed by atoms with Crippen LogP contribution in [0.25, 0.3) is 11.0 Å². The number of fused-ring (bicyclic) bond motifs is 1. The number of carbonyl (C=O) groups excluding carboxylic acids is 1. The molecule has 2 unspecified atom stereocenters. The van der Waals surface area contributed by atoms with Gasteiger partial charge in [-0.1, -0.05) is 19.1 Å². The number of amides is 2. The summed E-state index contributed by atoms with van der Waals surface area (Å²) in [6, 6.07) is 11.7. The molecular formula is C22H27N5O2. The highest BCUT2D eigenvalue weighted by molar-refractivity contribution is 5.91. The lowest BCUT2D eigenvalue weighted by Gasteiger charge is -2.42. The van der Waals surface area contributed by atoms with Gasteiger partial charge in [-0.25, -0.2) is 9.78 Å². The molecule has 3 aromatic rings. The van der Waals surface area contributed by atoms with Crippen molar-refractivity contribution < 1.29 is 9.53 Å². The number of H-pyrrole nitrogens is 1. The number of aromatic amines is 1. The fourth-order valence-electron chi connectivity index (χ4n) is 4.11. The van der Waals surface area contributed by atoms with E-state index in [1.165, 1.54) is 0 Å². The molecule has 7 heteroatoms. The Hall–Kier alpha value is -3.22. The lowest BCUT2D eigenvalue weighted by Crippen LogP contribution is -2.53. The maximum Gasteiger partial charge on any atom is 0.322 e. The van der Waals surface area contributed by atoms with E-state index in [0.29, 0.717) is 23.9 Å². The fraction of sp³-hybridized carbons (Fsp3) is 0.364. The van der Waals surface area contributed by atoms with Crippen LogP contribution in [-0.2, 0) is 0 Å². The maximum absolute atomic E-state index is 12.9. The molecule has 4 rings (SSSR count). The van der Waals surface area contributed by atoms with Crippen LogP contribution in [0, 0.1) is 5.92 Å². The summed E-state index contributed by atoms with van der Waals surface area (Å²) in [7, 11) is 3.71. The molecular weight excluding hydrogens is 366 g/mol. The van der Waals surface area contributed by atoms with Crippen LogP contribution in [0.4, 0.5) is 16.2 Å². The molecule has 29 heavy (non-hydrogen) atoms. The van der Waals surface area contributed by atoms with Crippen molar-refractivity contribution in [3.8, 4) is 5.75 Å². The van der Waals surface area contributed by atoms with Gasteiger partial charge in [0.15, 0.2) is 0 Å². The number of hydrogen-bond donors (Lipinski definition) is 2. The maximum atomic E-state index is 12.9. The number of aromatic nitrogens is 2. The lowest BCUT2D eigenvalue weighted by atomic mass is 9.92. The van der Waals surface area contributed by atoms with Gasteiger partial charge in [-0.3, -0.25) is 0 Å². The van der Waals surface area contributed by atoms with Crippen molar-refractivity contribution in [3.63, 3.8) is 0 Å². The predicted molar refractivity (Wildman–Crippen MR) is 116 cm³/mol. The Kier molecular flexibility index (Phi) is 5.29. The summed E-state index contributed by atoms with van der Waals surface area (Å²) in [5.41, 5.74) is 2.69. The Morgan fingerprint density at radius 3 is 2.97 bits per heavy atom. The van der Waals surface area contributed by atoms with Crippen molar-refractivity contribution in [1.82, 2.24) is 14.9 Å². The van der Waals surface area contributed by atoms with E-state index < -0.39 is 0 Å². The molecule has 0 bridgehead atoms. The summed E-state index contributed by atoms with van der Waals surface area (Å²) in [4.78, 5) is 24.7. The van der Waals surface area contributed by atoms with E-state index in [1.54, 1.807) is 7.11 Å². The normalized spacial score (nSPS) is 19.2. The smallest absolute Gasteiger partial charge is 0.322 e. The van der Waals surface area contributed by atoms with Gasteiger partial charge in [0.25, 0.3) is 0 Å². The fourth-order valence-corrected chi connectivity index (χ4v) is 4.11. The van der Waals surface area contributed by atoms with E-state index in [2.05, 4.69) is 34.2 Å². The van der Waals surface area contributed by atoms with Crippen molar-refractivity contribution >= 4 is 28.4 Å². The number of methoxy groups -OCH3 is 1. The molecule has 1 saturated heterocycles. The number of piperidine rings is 1. The van der Waals surface area contributed by atoms with Crippen molar-refractivity contribution in [1.29, 1.82) is 0 Å². The summed E-state index contributed by atoms with van der Waals surface area (Å²) in [5, 5.41) is 4.09. The van der Waals surface area contributed by atoms with Crippen LogP contribution in [0.15, 0.2) is 48.8 Å². The number of para-hydroxylation sites is 2. The number of likely N-dealkylation sites (N-methyl/N-ethyl adjacent to an activating group) is 1. The van der Waals surface area contributed by atoms with Gasteiger partial charge in [0.2, 0.25) is 0 Å². The molecule has 2 N–H and O–H groups in total. The molecule has 152 valence electrons. The second kappa shape index (κ2) is 8.03. The first kappa shape index (κ1) is 19.1. The van der Waals surface area contributed by atoms with Crippen LogP contribution >= 0.6 is 0 Å². The molecule has 1 aliphatic rings. The average Bonchev–Trinajstić information content (AvgIpc) is 3.23. The van der Waals surface area contributed by atoms with E-state index in [-0.39, 0.29) is 12.1 Å². The summed E-state index contributed by atoms with van der Waals surface area (Å²) < 4.78 is 5.35. The second-order valence-corrected chi connectivity index (χ2v) is 7.59. The van der Waals surface area contributed by atoms with Crippen molar-refractivity contribution in [2.45, 2.75) is 19.4 Å². The molecule has 0 aliphatic carbocycles. The number of ether oxygens (including phenoxy) is 1. The first-order valence-electron chi connectivity index (χ1n) is 9.92. The van der Waals surface area contributed by atoms with Crippen LogP contribution in [0.1, 0.15) is 13.3 Å². The van der Waals surface area contributed by atoms with Gasteiger partial charge >= 0.3 is 6.03 Å². The minimum absolute atomic E-state index is 0.0960. The minimum Gasteiger partial charge on any atom is -0.495 e. The van der Waals surface area contributed by atoms with E-state index in [9.17, 15) is 4.79 Å². The highest BCUT2D eigenvalue weighted by Crippen LogP contribution is 2.31. The second-order valence-electron chi connectivity index (χ2n) is 7.59. The number of pyridine rings is 1. The first-order chi connectivity index (χ1) is 14.1. The number of anilines is 2. The lowest BCUT2D eigenvalue weighted by molar-refractivity contribution is 0.172. The van der Waals surface area contributed by atoms with Gasteiger partial charge in [-0.15, -0.1) is 0 Å². The van der Waals surface area contributed by atoms with Crippen molar-refractivity contribution in [3.05, 3.63) is 48.8 Å². The molecule has 3 heterocycles. The molecule has 2 amide bonds. The summed E-state index contributed by atoms with van der Waals surface area (Å²) >= 11 is 0. The van der Waals surface area contributed by atoms with Crippen molar-refractivity contribution in [2.75, 3.05) is 37.5 Å². The summed E-state index contributed by atoms with van der Waals surface area (Å²) in [6.07, 6.45) is 4.69. The zero-order valence-electron chi connectivity index (χ0n) is 17.1. The number of rotatable bonds is 4. The molecule has 0 saturated carbocycles. The number of hydrogen-bond acceptors (Lipinski definition) is 4. The highest BCUT2D eigenvalue weighted by atomic mass is 16.5. The number of likely N-dealkylation sites (tertiary alicyclic amines) is 1. The number of carbonyl (C=O) groups is 1. The predicted octanol–water partition coefficient (Wildman–Crippen LogP) is 3.95. The molecule has 1 fully saturated rings. The Morgan fingerprint density at radius 1 is 1.31 bits per heavy atom. The first-order valence-corrected chi connectivity index (χ1v) is 9.92. The van der Waals surface area contributed by atoms with Crippen molar-refractivity contribution in [2.24, 2.45) is 5.92 Å². The molecule has 0 radical (unpaired) electrons. The van der Waals surface area contributed by atoms with Gasteiger partial charge < -0.3 is 24.8 Å². The highest BCUT2D eigenvalue weighted by Gasteiger charge is 2.32. The van der Waals surface area contributed by atoms with Crippen LogP contribution in [0.5, 0.6) is 5.75 Å². The third-order valence-corrected chi connectivity index (χ3v) is 5.87. The Bertz CT molecular complexity index is 1000. The summed E-state index contributed by atoms with van der Waals surface area (Å²) in [6.45, 7) is 3.65. The molecule has 0 spiro atoms. The molecule has 1 aromatic carbocycles. The molecule has 1 aliphatic heterocycles. The Labute approximate surface area is 170 Å². The quantitative estimate of drug-likeness (QED) is 0.704. The molecule has 2 aromatic heterocycles. The number of nitrogens with one attached hydrogen (secondary N) is 2. The van der Waals surface area contributed by atoms with Gasteiger partial charge in [0, 0.05) is 49.6 Å². The Balaban J connectivity index is 1.52. The third-order valence-electron chi connectivity index (χ3n) is 5.87. The van der Waals surface area contributed by atoms with E-state index in [0.717, 1.165) is 29.7 Å². The number of nitrogens with zero attached hydrogens (tertiary/aromatic N) is 3. The van der Waals surface area contributed by atoms with E-state index in [1.807, 2.05) is 53.7 Å². The van der Waals surface area contributed by atoms with Gasteiger partial charge in [-0.2, -0.15) is 0 Å². The van der Waals surface area contributed by atoms with E-state index >= 15 is 0 Å². The zero-order chi connectivity index (χ0) is 20.4. The SMILES string of the molecule is COc1ccccc1NC(=O)N1CCC(C)C(N(C)c2ccnc3[nH]ccc23)C1. The number of benzene rings is 1. The average molecular weight is 393 g/mol. The number of urea groups is 1.